The first kappa shape index (κ1) is 32.1. The highest BCUT2D eigenvalue weighted by Gasteiger charge is 2.47. The van der Waals surface area contributed by atoms with Gasteiger partial charge in [0.05, 0.1) is 18.4 Å². The van der Waals surface area contributed by atoms with E-state index in [1.807, 2.05) is 0 Å². The molecule has 1 aliphatic heterocycles. The van der Waals surface area contributed by atoms with Crippen molar-refractivity contribution in [3.05, 3.63) is 18.6 Å². The topological polar surface area (TPSA) is 133 Å². The summed E-state index contributed by atoms with van der Waals surface area (Å²) in [5.74, 6) is 1.97. The van der Waals surface area contributed by atoms with Crippen molar-refractivity contribution >= 4 is 55.9 Å². The number of hydrogen-bond acceptors (Lipinski definition) is 10. The molecule has 41 heavy (non-hydrogen) atoms. The van der Waals surface area contributed by atoms with Gasteiger partial charge in [-0.05, 0) is 6.07 Å². The molecule has 4 atom stereocenters. The number of ether oxygens (including phenoxy) is 1. The Morgan fingerprint density at radius 1 is 0.805 bits per heavy atom. The molecule has 4 rings (SSSR count). The lowest BCUT2D eigenvalue weighted by Gasteiger charge is -2.47. The minimum Gasteiger partial charge on any atom is -0.472 e. The van der Waals surface area contributed by atoms with Gasteiger partial charge in [-0.1, -0.05) is 78.6 Å². The summed E-state index contributed by atoms with van der Waals surface area (Å²) in [6, 6.07) is 1.80. The average molecular weight is 637 g/mol. The van der Waals surface area contributed by atoms with Crippen LogP contribution in [0.2, 0.25) is 78.6 Å². The summed E-state index contributed by atoms with van der Waals surface area (Å²) >= 11 is 0. The van der Waals surface area contributed by atoms with Crippen LogP contribution in [-0.2, 0) is 4.74 Å². The number of fused-ring (bicyclic) bond motifs is 1. The summed E-state index contributed by atoms with van der Waals surface area (Å²) in [4.78, 5) is 15.7. The molecule has 0 radical (unpaired) electrons. The predicted molar refractivity (Wildman–Crippen MR) is 174 cm³/mol. The maximum atomic E-state index is 11.2. The molecule has 0 saturated carbocycles. The number of anilines is 2. The van der Waals surface area contributed by atoms with Gasteiger partial charge in [0, 0.05) is 0 Å². The third kappa shape index (κ3) is 6.00. The van der Waals surface area contributed by atoms with Gasteiger partial charge in [-0.15, -0.1) is 0 Å². The summed E-state index contributed by atoms with van der Waals surface area (Å²) in [6.45, 7) is 27.4. The SMILES string of the molecule is C[Si](C)(C)N(c1nc(N([Si](C)(C)C)[Si](C)(C)C)c2nc(-c3ccoc3)n([C@@H]3O[C@H](CO)[C@@H](O)[C@H]3O)c2n1)[Si](C)(C)C. The normalized spacial score (nSPS) is 22.5. The van der Waals surface area contributed by atoms with Crippen molar-refractivity contribution in [1.82, 2.24) is 19.5 Å². The number of furan rings is 1. The standard InChI is InChI=1S/C26H48N6O5Si4/c1-38(2,3)31(39(4,5)6)24-19-23(28-26(29-24)32(40(7,8)9)41(10,11)12)30(22(27-19)17-13-14-36-16-17)25-21(35)20(34)18(15-33)37-25/h13-14,16,18,20-21,25,33-35H,15H2,1-12H3/t18-,20-,21-,25-/m1/s1. The number of rotatable bonds is 9. The van der Waals surface area contributed by atoms with E-state index in [9.17, 15) is 15.3 Å². The van der Waals surface area contributed by atoms with Gasteiger partial charge in [-0.3, -0.25) is 4.57 Å². The fourth-order valence-corrected chi connectivity index (χ4v) is 25.5. The van der Waals surface area contributed by atoms with Crippen LogP contribution in [0.25, 0.3) is 22.6 Å². The first-order valence-electron chi connectivity index (χ1n) is 14.2. The Bertz CT molecular complexity index is 1350. The van der Waals surface area contributed by atoms with Crippen molar-refractivity contribution in [2.45, 2.75) is 103 Å². The zero-order chi connectivity index (χ0) is 30.9. The van der Waals surface area contributed by atoms with E-state index in [0.717, 1.165) is 5.82 Å². The van der Waals surface area contributed by atoms with E-state index < -0.39 is 64.1 Å². The van der Waals surface area contributed by atoms with Crippen molar-refractivity contribution in [1.29, 1.82) is 0 Å². The van der Waals surface area contributed by atoms with E-state index in [4.69, 9.17) is 24.1 Å². The summed E-state index contributed by atoms with van der Waals surface area (Å²) in [5.41, 5.74) is 1.84. The first-order chi connectivity index (χ1) is 18.7. The van der Waals surface area contributed by atoms with Crippen molar-refractivity contribution in [3.8, 4) is 11.4 Å². The van der Waals surface area contributed by atoms with Crippen LogP contribution in [0, 0.1) is 0 Å². The molecule has 1 fully saturated rings. The molecule has 3 aromatic heterocycles. The number of nitrogens with zero attached hydrogens (tertiary/aromatic N) is 6. The van der Waals surface area contributed by atoms with E-state index in [1.54, 1.807) is 23.2 Å². The Kier molecular flexibility index (Phi) is 8.36. The zero-order valence-corrected chi connectivity index (χ0v) is 30.6. The van der Waals surface area contributed by atoms with Gasteiger partial charge >= 0.3 is 0 Å². The lowest BCUT2D eigenvalue weighted by Crippen LogP contribution is -2.61. The van der Waals surface area contributed by atoms with Crippen molar-refractivity contribution in [2.75, 3.05) is 15.1 Å². The van der Waals surface area contributed by atoms with Crippen LogP contribution >= 0.6 is 0 Å². The first-order valence-corrected chi connectivity index (χ1v) is 28.0. The minimum absolute atomic E-state index is 0.425. The van der Waals surface area contributed by atoms with Crippen LogP contribution in [0.3, 0.4) is 0 Å². The van der Waals surface area contributed by atoms with Crippen molar-refractivity contribution in [2.24, 2.45) is 0 Å². The fourth-order valence-electron chi connectivity index (χ4n) is 6.38. The van der Waals surface area contributed by atoms with Crippen LogP contribution in [0.1, 0.15) is 6.23 Å². The molecule has 0 spiro atoms. The second-order valence-electron chi connectivity index (χ2n) is 14.9. The van der Waals surface area contributed by atoms with Gasteiger partial charge in [-0.2, -0.15) is 9.97 Å². The maximum absolute atomic E-state index is 11.2. The molecule has 15 heteroatoms. The number of aliphatic hydroxyl groups is 3. The highest BCUT2D eigenvalue weighted by atomic mass is 28.4. The summed E-state index contributed by atoms with van der Waals surface area (Å²) in [5, 5.41) is 31.8. The van der Waals surface area contributed by atoms with Crippen molar-refractivity contribution in [3.63, 3.8) is 0 Å². The van der Waals surface area contributed by atoms with Crippen molar-refractivity contribution < 1.29 is 24.5 Å². The number of aromatic nitrogens is 4. The number of imidazole rings is 1. The summed E-state index contributed by atoms with van der Waals surface area (Å²) in [6.07, 6.45) is -1.35. The minimum atomic E-state index is -1.99. The second-order valence-corrected chi connectivity index (χ2v) is 35.0. The Hall–Kier alpha value is -1.86. The molecular weight excluding hydrogens is 589 g/mol. The van der Waals surface area contributed by atoms with E-state index in [1.165, 1.54) is 0 Å². The maximum Gasteiger partial charge on any atom is 0.212 e. The van der Waals surface area contributed by atoms with E-state index >= 15 is 0 Å². The van der Waals surface area contributed by atoms with Crippen LogP contribution in [-0.4, -0.2) is 92.7 Å². The zero-order valence-electron chi connectivity index (χ0n) is 26.6. The molecule has 0 unspecified atom stereocenters. The molecule has 228 valence electrons. The smallest absolute Gasteiger partial charge is 0.212 e. The van der Waals surface area contributed by atoms with Crippen LogP contribution < -0.4 is 8.46 Å². The number of aliphatic hydroxyl groups excluding tert-OH is 3. The van der Waals surface area contributed by atoms with Crippen LogP contribution in [0.15, 0.2) is 23.0 Å². The predicted octanol–water partition coefficient (Wildman–Crippen LogP) is 4.65. The molecule has 3 aromatic rings. The lowest BCUT2D eigenvalue weighted by molar-refractivity contribution is -0.0503. The molecular formula is C26H48N6O5Si4. The molecule has 1 aliphatic rings. The number of hydrogen-bond donors (Lipinski definition) is 3. The quantitative estimate of drug-likeness (QED) is 0.285. The van der Waals surface area contributed by atoms with Gasteiger partial charge in [0.2, 0.25) is 5.95 Å². The molecule has 0 aromatic carbocycles. The van der Waals surface area contributed by atoms with Gasteiger partial charge in [0.15, 0.2) is 11.9 Å². The summed E-state index contributed by atoms with van der Waals surface area (Å²) in [7, 11) is -7.90. The highest BCUT2D eigenvalue weighted by Crippen LogP contribution is 2.41. The Morgan fingerprint density at radius 3 is 1.80 bits per heavy atom. The monoisotopic (exact) mass is 636 g/mol. The van der Waals surface area contributed by atoms with Crippen LogP contribution in [0.5, 0.6) is 0 Å². The molecule has 1 saturated heterocycles. The Balaban J connectivity index is 2.18. The highest BCUT2D eigenvalue weighted by molar-refractivity contribution is 7.00. The fraction of sp³-hybridized carbons (Fsp3) is 0.654. The van der Waals surface area contributed by atoms with Gasteiger partial charge in [-0.25, -0.2) is 4.98 Å². The largest absolute Gasteiger partial charge is 0.472 e. The van der Waals surface area contributed by atoms with Crippen LogP contribution in [0.4, 0.5) is 11.8 Å². The molecule has 4 heterocycles. The molecule has 3 N–H and O–H groups in total. The molecule has 11 nitrogen and oxygen atoms in total. The Morgan fingerprint density at radius 2 is 1.37 bits per heavy atom. The van der Waals surface area contributed by atoms with Gasteiger partial charge in [0.1, 0.15) is 74.7 Å². The third-order valence-corrected chi connectivity index (χ3v) is 21.4. The van der Waals surface area contributed by atoms with Gasteiger partial charge in [0.25, 0.3) is 0 Å². The average Bonchev–Trinajstić information content (AvgIpc) is 3.49. The second kappa shape index (κ2) is 10.7. The Labute approximate surface area is 247 Å². The van der Waals surface area contributed by atoms with E-state index in [-0.39, 0.29) is 0 Å². The third-order valence-electron chi connectivity index (χ3n) is 7.16. The van der Waals surface area contributed by atoms with E-state index in [2.05, 4.69) is 87.0 Å². The van der Waals surface area contributed by atoms with Gasteiger partial charge < -0.3 is 32.9 Å². The molecule has 0 bridgehead atoms. The molecule has 0 aliphatic carbocycles. The molecule has 0 amide bonds. The van der Waals surface area contributed by atoms with E-state index in [0.29, 0.717) is 28.5 Å². The lowest BCUT2D eigenvalue weighted by atomic mass is 10.1. The summed E-state index contributed by atoms with van der Waals surface area (Å²) < 4.78 is 18.3.